The number of nitrogens with two attached hydrogens (primary N) is 1. The molecule has 3 atom stereocenters. The molecule has 21 heavy (non-hydrogen) atoms. The van der Waals surface area contributed by atoms with Crippen LogP contribution >= 0.6 is 0 Å². The first-order valence-corrected chi connectivity index (χ1v) is 6.67. The monoisotopic (exact) mass is 300 g/mol. The Morgan fingerprint density at radius 2 is 2.10 bits per heavy atom. The molecule has 0 aromatic heterocycles. The zero-order chi connectivity index (χ0) is 15.6. The third kappa shape index (κ3) is 3.75. The summed E-state index contributed by atoms with van der Waals surface area (Å²) in [6.07, 6.45) is -2.37. The summed E-state index contributed by atoms with van der Waals surface area (Å²) in [5, 5.41) is 10.1. The molecule has 0 bridgehead atoms. The Morgan fingerprint density at radius 3 is 2.67 bits per heavy atom. The van der Waals surface area contributed by atoms with E-state index in [9.17, 15) is 18.7 Å². The minimum Gasteiger partial charge on any atom is -0.387 e. The number of primary amides is 1. The van der Waals surface area contributed by atoms with Crippen LogP contribution in [0.5, 0.6) is 0 Å². The van der Waals surface area contributed by atoms with Gasteiger partial charge in [-0.2, -0.15) is 0 Å². The molecule has 1 aliphatic heterocycles. The highest BCUT2D eigenvalue weighted by Gasteiger charge is 2.31. The summed E-state index contributed by atoms with van der Waals surface area (Å²) in [4.78, 5) is 12.9. The van der Waals surface area contributed by atoms with Gasteiger partial charge >= 0.3 is 0 Å². The van der Waals surface area contributed by atoms with Crippen LogP contribution in [0.25, 0.3) is 0 Å². The van der Waals surface area contributed by atoms with Gasteiger partial charge in [0.05, 0.1) is 17.8 Å². The molecule has 0 radical (unpaired) electrons. The molecular weight excluding hydrogens is 282 g/mol. The molecule has 2 rings (SSSR count). The van der Waals surface area contributed by atoms with Crippen molar-refractivity contribution in [1.82, 2.24) is 4.90 Å². The number of nitrogens with zero attached hydrogens (tertiary/aromatic N) is 1. The third-order valence-corrected chi connectivity index (χ3v) is 3.42. The lowest BCUT2D eigenvalue weighted by Crippen LogP contribution is -2.52. The van der Waals surface area contributed by atoms with Crippen molar-refractivity contribution in [3.05, 3.63) is 35.4 Å². The number of aliphatic hydroxyl groups excluding tert-OH is 1. The SMILES string of the molecule is C[C@@H]1CN(CC(O)c2c(F)cccc2F)CC(C(N)=O)O1. The van der Waals surface area contributed by atoms with Gasteiger partial charge in [0.1, 0.15) is 17.7 Å². The quantitative estimate of drug-likeness (QED) is 0.852. The largest absolute Gasteiger partial charge is 0.387 e. The molecule has 1 saturated heterocycles. The molecule has 1 amide bonds. The van der Waals surface area contributed by atoms with E-state index in [1.807, 2.05) is 0 Å². The number of benzene rings is 1. The van der Waals surface area contributed by atoms with E-state index in [1.165, 1.54) is 6.07 Å². The molecule has 1 heterocycles. The fraction of sp³-hybridized carbons (Fsp3) is 0.500. The van der Waals surface area contributed by atoms with E-state index in [0.29, 0.717) is 6.54 Å². The number of morpholine rings is 1. The first-order chi connectivity index (χ1) is 9.88. The van der Waals surface area contributed by atoms with Gasteiger partial charge in [-0.15, -0.1) is 0 Å². The van der Waals surface area contributed by atoms with E-state index in [-0.39, 0.29) is 24.8 Å². The molecule has 3 N–H and O–H groups in total. The Labute approximate surface area is 121 Å². The number of β-amino-alcohol motifs (C(OH)–C–C–N with tert-alkyl or cyclic N) is 1. The van der Waals surface area contributed by atoms with Crippen molar-refractivity contribution in [2.24, 2.45) is 5.73 Å². The van der Waals surface area contributed by atoms with Crippen molar-refractivity contribution in [2.75, 3.05) is 19.6 Å². The molecule has 1 aromatic rings. The molecule has 0 spiro atoms. The lowest BCUT2D eigenvalue weighted by molar-refractivity contribution is -0.143. The summed E-state index contributed by atoms with van der Waals surface area (Å²) < 4.78 is 32.6. The maximum atomic E-state index is 13.6. The van der Waals surface area contributed by atoms with Crippen LogP contribution in [0.1, 0.15) is 18.6 Å². The van der Waals surface area contributed by atoms with Crippen LogP contribution in [-0.4, -0.2) is 47.8 Å². The van der Waals surface area contributed by atoms with E-state index in [0.717, 1.165) is 12.1 Å². The van der Waals surface area contributed by atoms with Crippen LogP contribution in [0, 0.1) is 11.6 Å². The maximum Gasteiger partial charge on any atom is 0.247 e. The molecular formula is C14H18F2N2O3. The zero-order valence-electron chi connectivity index (χ0n) is 11.6. The minimum atomic E-state index is -1.33. The van der Waals surface area contributed by atoms with Gasteiger partial charge in [-0.3, -0.25) is 9.69 Å². The first kappa shape index (κ1) is 15.8. The van der Waals surface area contributed by atoms with Gasteiger partial charge in [-0.05, 0) is 19.1 Å². The maximum absolute atomic E-state index is 13.6. The average Bonchev–Trinajstić information content (AvgIpc) is 2.37. The number of hydrogen-bond donors (Lipinski definition) is 2. The van der Waals surface area contributed by atoms with Crippen LogP contribution in [0.2, 0.25) is 0 Å². The molecule has 116 valence electrons. The summed E-state index contributed by atoms with van der Waals surface area (Å²) in [6.45, 7) is 2.39. The standard InChI is InChI=1S/C14H18F2N2O3/c1-8-5-18(7-12(21-8)14(17)20)6-11(19)13-9(15)3-2-4-10(13)16/h2-4,8,11-12,19H,5-7H2,1H3,(H2,17,20)/t8-,11?,12?/m1/s1. The molecule has 0 saturated carbocycles. The Balaban J connectivity index is 2.08. The van der Waals surface area contributed by atoms with Gasteiger partial charge in [0, 0.05) is 19.6 Å². The molecule has 2 unspecified atom stereocenters. The van der Waals surface area contributed by atoms with Gasteiger partial charge in [-0.25, -0.2) is 8.78 Å². The lowest BCUT2D eigenvalue weighted by atomic mass is 10.1. The Hall–Kier alpha value is -1.57. The summed E-state index contributed by atoms with van der Waals surface area (Å²) in [7, 11) is 0. The number of aliphatic hydroxyl groups is 1. The smallest absolute Gasteiger partial charge is 0.247 e. The fourth-order valence-electron chi connectivity index (χ4n) is 2.51. The van der Waals surface area contributed by atoms with Crippen molar-refractivity contribution in [3.8, 4) is 0 Å². The number of rotatable bonds is 4. The first-order valence-electron chi connectivity index (χ1n) is 6.67. The molecule has 7 heteroatoms. The number of carbonyl (C=O) groups is 1. The van der Waals surface area contributed by atoms with Crippen LogP contribution in [0.4, 0.5) is 8.78 Å². The second-order valence-electron chi connectivity index (χ2n) is 5.21. The predicted octanol–water partition coefficient (Wildman–Crippen LogP) is 0.573. The van der Waals surface area contributed by atoms with Gasteiger partial charge in [-0.1, -0.05) is 6.07 Å². The molecule has 1 aromatic carbocycles. The Morgan fingerprint density at radius 1 is 1.48 bits per heavy atom. The van der Waals surface area contributed by atoms with E-state index >= 15 is 0 Å². The number of halogens is 2. The van der Waals surface area contributed by atoms with Crippen molar-refractivity contribution in [3.63, 3.8) is 0 Å². The van der Waals surface area contributed by atoms with Crippen LogP contribution in [0.3, 0.4) is 0 Å². The summed E-state index contributed by atoms with van der Waals surface area (Å²) >= 11 is 0. The van der Waals surface area contributed by atoms with Gasteiger partial charge < -0.3 is 15.6 Å². The van der Waals surface area contributed by atoms with Crippen molar-refractivity contribution in [2.45, 2.75) is 25.2 Å². The number of hydrogen-bond acceptors (Lipinski definition) is 4. The molecule has 0 aliphatic carbocycles. The van der Waals surface area contributed by atoms with Crippen molar-refractivity contribution >= 4 is 5.91 Å². The number of ether oxygens (including phenoxy) is 1. The highest BCUT2D eigenvalue weighted by atomic mass is 19.1. The van der Waals surface area contributed by atoms with Crippen LogP contribution in [0.15, 0.2) is 18.2 Å². The molecule has 1 aliphatic rings. The normalized spacial score (nSPS) is 24.8. The van der Waals surface area contributed by atoms with Crippen molar-refractivity contribution < 1.29 is 23.4 Å². The third-order valence-electron chi connectivity index (χ3n) is 3.42. The van der Waals surface area contributed by atoms with Gasteiger partial charge in [0.2, 0.25) is 5.91 Å². The average molecular weight is 300 g/mol. The van der Waals surface area contributed by atoms with Crippen LogP contribution in [-0.2, 0) is 9.53 Å². The van der Waals surface area contributed by atoms with Crippen LogP contribution < -0.4 is 5.73 Å². The summed E-state index contributed by atoms with van der Waals surface area (Å²) in [5.74, 6) is -2.19. The van der Waals surface area contributed by atoms with Crippen molar-refractivity contribution in [1.29, 1.82) is 0 Å². The van der Waals surface area contributed by atoms with E-state index in [4.69, 9.17) is 10.5 Å². The highest BCUT2D eigenvalue weighted by Crippen LogP contribution is 2.23. The fourth-order valence-corrected chi connectivity index (χ4v) is 2.51. The van der Waals surface area contributed by atoms with E-state index in [2.05, 4.69) is 0 Å². The Bertz CT molecular complexity index is 507. The molecule has 5 nitrogen and oxygen atoms in total. The van der Waals surface area contributed by atoms with Gasteiger partial charge in [0.25, 0.3) is 0 Å². The second-order valence-corrected chi connectivity index (χ2v) is 5.21. The van der Waals surface area contributed by atoms with Gasteiger partial charge in [0.15, 0.2) is 0 Å². The number of amides is 1. The zero-order valence-corrected chi connectivity index (χ0v) is 11.6. The highest BCUT2D eigenvalue weighted by molar-refractivity contribution is 5.79. The predicted molar refractivity (Wildman–Crippen MR) is 71.3 cm³/mol. The summed E-state index contributed by atoms with van der Waals surface area (Å²) in [5.41, 5.74) is 4.84. The van der Waals surface area contributed by atoms with E-state index in [1.54, 1.807) is 11.8 Å². The van der Waals surface area contributed by atoms with E-state index < -0.39 is 29.7 Å². The number of carbonyl (C=O) groups excluding carboxylic acids is 1. The lowest BCUT2D eigenvalue weighted by Gasteiger charge is -2.36. The Kier molecular flexibility index (Phi) is 4.87. The second kappa shape index (κ2) is 6.46. The summed E-state index contributed by atoms with van der Waals surface area (Å²) in [6, 6.07) is 3.42. The molecule has 1 fully saturated rings. The minimum absolute atomic E-state index is 0.00463. The topological polar surface area (TPSA) is 75.8 Å².